The number of hydrogen-bond donors (Lipinski definition) is 0. The molecule has 1 heterocycles. The van der Waals surface area contributed by atoms with Crippen LogP contribution in [-0.2, 0) is 0 Å². The topological polar surface area (TPSA) is 12.9 Å². The van der Waals surface area contributed by atoms with Crippen LogP contribution in [0.15, 0.2) is 24.3 Å². The van der Waals surface area contributed by atoms with Gasteiger partial charge in [0.15, 0.2) is 11.6 Å². The molecule has 0 atom stereocenters. The molecule has 0 aliphatic rings. The summed E-state index contributed by atoms with van der Waals surface area (Å²) < 4.78 is 25.6. The Kier molecular flexibility index (Phi) is 1.50. The van der Waals surface area contributed by atoms with Gasteiger partial charge in [0.05, 0.1) is 6.20 Å². The number of benzene rings is 1. The molecule has 0 saturated carbocycles. The minimum absolute atomic E-state index is 0.0255. The van der Waals surface area contributed by atoms with Crippen LogP contribution in [0, 0.1) is 17.8 Å². The molecule has 0 fully saturated rings. The van der Waals surface area contributed by atoms with Crippen LogP contribution in [0.2, 0.25) is 0 Å². The van der Waals surface area contributed by atoms with Crippen molar-refractivity contribution in [2.45, 2.75) is 0 Å². The molecule has 0 aliphatic carbocycles. The summed E-state index contributed by atoms with van der Waals surface area (Å²) in [6.45, 7) is 0. The Morgan fingerprint density at radius 3 is 2.83 bits per heavy atom. The monoisotopic (exact) mass is 164 g/mol. The first-order chi connectivity index (χ1) is 5.79. The molecule has 0 saturated heterocycles. The second-order valence-corrected chi connectivity index (χ2v) is 2.37. The molecule has 1 aromatic heterocycles. The van der Waals surface area contributed by atoms with Gasteiger partial charge in [-0.05, 0) is 18.2 Å². The first-order valence-electron chi connectivity index (χ1n) is 3.40. The summed E-state index contributed by atoms with van der Waals surface area (Å²) >= 11 is 0. The van der Waals surface area contributed by atoms with Gasteiger partial charge >= 0.3 is 0 Å². The zero-order valence-corrected chi connectivity index (χ0v) is 6.01. The Hall–Kier alpha value is -1.51. The van der Waals surface area contributed by atoms with Crippen LogP contribution in [0.4, 0.5) is 8.78 Å². The SMILES string of the molecule is Fc1ccc2cc[c]nc2c1F. The highest BCUT2D eigenvalue weighted by molar-refractivity contribution is 5.78. The molecule has 2 aromatic rings. The smallest absolute Gasteiger partial charge is 0.185 e. The normalized spacial score (nSPS) is 10.5. The fourth-order valence-corrected chi connectivity index (χ4v) is 1.03. The number of aromatic nitrogens is 1. The summed E-state index contributed by atoms with van der Waals surface area (Å²) in [5, 5.41) is 0.577. The lowest BCUT2D eigenvalue weighted by Gasteiger charge is -1.97. The van der Waals surface area contributed by atoms with Gasteiger partial charge in [-0.1, -0.05) is 6.07 Å². The first kappa shape index (κ1) is 7.16. The number of pyridine rings is 1. The molecule has 3 heteroatoms. The van der Waals surface area contributed by atoms with Gasteiger partial charge in [-0.15, -0.1) is 0 Å². The molecular weight excluding hydrogens is 160 g/mol. The van der Waals surface area contributed by atoms with Crippen LogP contribution in [0.5, 0.6) is 0 Å². The number of nitrogens with zero attached hydrogens (tertiary/aromatic N) is 1. The van der Waals surface area contributed by atoms with Gasteiger partial charge < -0.3 is 0 Å². The van der Waals surface area contributed by atoms with E-state index in [-0.39, 0.29) is 5.52 Å². The van der Waals surface area contributed by atoms with E-state index in [9.17, 15) is 8.78 Å². The molecule has 12 heavy (non-hydrogen) atoms. The van der Waals surface area contributed by atoms with Gasteiger partial charge in [-0.3, -0.25) is 0 Å². The number of fused-ring (bicyclic) bond motifs is 1. The lowest BCUT2D eigenvalue weighted by Crippen LogP contribution is -1.87. The Labute approximate surface area is 67.7 Å². The third-order valence-electron chi connectivity index (χ3n) is 1.61. The average molecular weight is 164 g/mol. The highest BCUT2D eigenvalue weighted by Crippen LogP contribution is 2.16. The van der Waals surface area contributed by atoms with Gasteiger partial charge in [0, 0.05) is 5.39 Å². The van der Waals surface area contributed by atoms with Crippen molar-refractivity contribution >= 4 is 10.9 Å². The maximum atomic E-state index is 12.9. The van der Waals surface area contributed by atoms with Gasteiger partial charge in [-0.2, -0.15) is 0 Å². The van der Waals surface area contributed by atoms with E-state index in [1.54, 1.807) is 12.1 Å². The van der Waals surface area contributed by atoms with Crippen molar-refractivity contribution < 1.29 is 8.78 Å². The fourth-order valence-electron chi connectivity index (χ4n) is 1.03. The molecule has 0 spiro atoms. The van der Waals surface area contributed by atoms with Gasteiger partial charge in [-0.25, -0.2) is 13.8 Å². The van der Waals surface area contributed by atoms with E-state index in [1.807, 2.05) is 0 Å². The summed E-state index contributed by atoms with van der Waals surface area (Å²) in [5.74, 6) is -1.79. The largest absolute Gasteiger partial charge is 0.243 e. The second kappa shape index (κ2) is 2.52. The van der Waals surface area contributed by atoms with Crippen LogP contribution in [0.3, 0.4) is 0 Å². The molecule has 1 radical (unpaired) electrons. The molecule has 1 nitrogen and oxygen atoms in total. The molecule has 0 unspecified atom stereocenters. The highest BCUT2D eigenvalue weighted by atomic mass is 19.2. The zero-order chi connectivity index (χ0) is 8.55. The van der Waals surface area contributed by atoms with Crippen molar-refractivity contribution in [2.75, 3.05) is 0 Å². The lowest BCUT2D eigenvalue weighted by molar-refractivity contribution is 0.515. The van der Waals surface area contributed by atoms with Crippen molar-refractivity contribution in [1.29, 1.82) is 0 Å². The summed E-state index contributed by atoms with van der Waals surface area (Å²) in [6, 6.07) is 5.75. The fraction of sp³-hybridized carbons (Fsp3) is 0. The minimum atomic E-state index is -0.913. The van der Waals surface area contributed by atoms with Crippen molar-refractivity contribution in [3.8, 4) is 0 Å². The van der Waals surface area contributed by atoms with Crippen LogP contribution < -0.4 is 0 Å². The summed E-state index contributed by atoms with van der Waals surface area (Å²) in [4.78, 5) is 3.60. The van der Waals surface area contributed by atoms with E-state index in [1.165, 1.54) is 6.07 Å². The maximum Gasteiger partial charge on any atom is 0.185 e. The van der Waals surface area contributed by atoms with Crippen LogP contribution >= 0.6 is 0 Å². The van der Waals surface area contributed by atoms with Crippen molar-refractivity contribution in [1.82, 2.24) is 4.98 Å². The highest BCUT2D eigenvalue weighted by Gasteiger charge is 2.06. The molecule has 0 bridgehead atoms. The van der Waals surface area contributed by atoms with Gasteiger partial charge in [0.25, 0.3) is 0 Å². The Bertz CT molecular complexity index is 426. The molecule has 59 valence electrons. The molecular formula is C9H4F2N. The third kappa shape index (κ3) is 0.942. The van der Waals surface area contributed by atoms with E-state index in [2.05, 4.69) is 11.2 Å². The predicted molar refractivity (Wildman–Crippen MR) is 40.5 cm³/mol. The number of rotatable bonds is 0. The summed E-state index contributed by atoms with van der Waals surface area (Å²) in [5.41, 5.74) is 0.0255. The van der Waals surface area contributed by atoms with E-state index < -0.39 is 11.6 Å². The van der Waals surface area contributed by atoms with Crippen LogP contribution in [0.25, 0.3) is 10.9 Å². The molecule has 0 aliphatic heterocycles. The quantitative estimate of drug-likeness (QED) is 0.582. The first-order valence-corrected chi connectivity index (χ1v) is 3.40. The average Bonchev–Trinajstić information content (AvgIpc) is 2.12. The maximum absolute atomic E-state index is 12.9. The van der Waals surface area contributed by atoms with E-state index in [0.29, 0.717) is 5.39 Å². The standard InChI is InChI=1S/C9H4F2N/c10-7-4-3-6-2-1-5-12-9(6)8(7)11/h1-4H. The molecule has 1 aromatic carbocycles. The Morgan fingerprint density at radius 1 is 1.17 bits per heavy atom. The van der Waals surface area contributed by atoms with Crippen LogP contribution in [-0.4, -0.2) is 4.98 Å². The predicted octanol–water partition coefficient (Wildman–Crippen LogP) is 2.31. The summed E-state index contributed by atoms with van der Waals surface area (Å²) in [7, 11) is 0. The number of hydrogen-bond acceptors (Lipinski definition) is 1. The summed E-state index contributed by atoms with van der Waals surface area (Å²) in [6.07, 6.45) is 2.45. The van der Waals surface area contributed by atoms with Gasteiger partial charge in [0.2, 0.25) is 0 Å². The minimum Gasteiger partial charge on any atom is -0.243 e. The van der Waals surface area contributed by atoms with E-state index in [0.717, 1.165) is 6.07 Å². The van der Waals surface area contributed by atoms with Gasteiger partial charge in [0.1, 0.15) is 5.52 Å². The van der Waals surface area contributed by atoms with Crippen molar-refractivity contribution in [2.24, 2.45) is 0 Å². The van der Waals surface area contributed by atoms with Crippen molar-refractivity contribution in [3.63, 3.8) is 0 Å². The Balaban J connectivity index is 2.91. The molecule has 0 amide bonds. The molecule has 0 N–H and O–H groups in total. The number of halogens is 2. The third-order valence-corrected chi connectivity index (χ3v) is 1.61. The van der Waals surface area contributed by atoms with E-state index in [4.69, 9.17) is 0 Å². The second-order valence-electron chi connectivity index (χ2n) is 2.37. The van der Waals surface area contributed by atoms with E-state index >= 15 is 0 Å². The molecule has 2 rings (SSSR count). The zero-order valence-electron chi connectivity index (χ0n) is 6.01. The Morgan fingerprint density at radius 2 is 2.00 bits per heavy atom. The van der Waals surface area contributed by atoms with Crippen LogP contribution in [0.1, 0.15) is 0 Å². The van der Waals surface area contributed by atoms with Crippen molar-refractivity contribution in [3.05, 3.63) is 42.1 Å². The lowest BCUT2D eigenvalue weighted by atomic mass is 10.2.